The number of aromatic nitrogens is 3. The summed E-state index contributed by atoms with van der Waals surface area (Å²) >= 11 is 11.0. The Balaban J connectivity index is 1.95. The molecule has 0 radical (unpaired) electrons. The molecule has 2 heterocycles. The lowest BCUT2D eigenvalue weighted by atomic mass is 10.2. The fourth-order valence-electron chi connectivity index (χ4n) is 2.60. The van der Waals surface area contributed by atoms with Crippen molar-refractivity contribution in [3.63, 3.8) is 0 Å². The molecule has 3 aromatic rings. The summed E-state index contributed by atoms with van der Waals surface area (Å²) in [6, 6.07) is 5.21. The van der Waals surface area contributed by atoms with Crippen molar-refractivity contribution in [3.05, 3.63) is 85.2 Å². The van der Waals surface area contributed by atoms with Gasteiger partial charge >= 0.3 is 11.4 Å². The average molecular weight is 467 g/mol. The lowest BCUT2D eigenvalue weighted by Crippen LogP contribution is -2.43. The standard InChI is InChI=1S/C19H16ClFN4O5S/c1-10(16(26)22-9-11-5-4-6-29-11)30-15-8-14(13(21)7-12(15)20)25-17(27)23(2)19(31)24(3)18(25)28/h4-8H,1,9H2,2-3H3,(H,22,26). The molecule has 0 atom stereocenters. The van der Waals surface area contributed by atoms with Gasteiger partial charge in [0.1, 0.15) is 17.3 Å². The second-order valence-electron chi connectivity index (χ2n) is 6.32. The highest BCUT2D eigenvalue weighted by Crippen LogP contribution is 2.30. The van der Waals surface area contributed by atoms with Gasteiger partial charge in [-0.3, -0.25) is 13.9 Å². The van der Waals surface area contributed by atoms with E-state index in [1.54, 1.807) is 12.1 Å². The van der Waals surface area contributed by atoms with E-state index < -0.39 is 28.8 Å². The first-order valence-corrected chi connectivity index (χ1v) is 9.46. The van der Waals surface area contributed by atoms with Crippen LogP contribution in [-0.2, 0) is 25.4 Å². The van der Waals surface area contributed by atoms with Crippen molar-refractivity contribution in [2.24, 2.45) is 14.1 Å². The molecule has 0 aliphatic carbocycles. The molecular weight excluding hydrogens is 451 g/mol. The maximum atomic E-state index is 14.6. The summed E-state index contributed by atoms with van der Waals surface area (Å²) in [6.45, 7) is 3.61. The second-order valence-corrected chi connectivity index (χ2v) is 7.09. The van der Waals surface area contributed by atoms with E-state index in [-0.39, 0.29) is 27.8 Å². The summed E-state index contributed by atoms with van der Waals surface area (Å²) < 4.78 is 27.6. The number of hydrogen-bond donors (Lipinski definition) is 1. The third-order valence-electron chi connectivity index (χ3n) is 4.26. The topological polar surface area (TPSA) is 100 Å². The molecule has 1 amide bonds. The highest BCUT2D eigenvalue weighted by Gasteiger charge is 2.19. The van der Waals surface area contributed by atoms with Gasteiger partial charge in [-0.15, -0.1) is 0 Å². The number of halogens is 2. The van der Waals surface area contributed by atoms with Crippen LogP contribution >= 0.6 is 23.8 Å². The molecule has 9 nitrogen and oxygen atoms in total. The number of benzene rings is 1. The predicted molar refractivity (Wildman–Crippen MR) is 112 cm³/mol. The summed E-state index contributed by atoms with van der Waals surface area (Å²) in [6.07, 6.45) is 1.46. The zero-order valence-corrected chi connectivity index (χ0v) is 17.9. The van der Waals surface area contributed by atoms with E-state index in [1.807, 2.05) is 0 Å². The third-order valence-corrected chi connectivity index (χ3v) is 5.11. The van der Waals surface area contributed by atoms with Crippen molar-refractivity contribution in [1.29, 1.82) is 0 Å². The van der Waals surface area contributed by atoms with Crippen LogP contribution in [0.15, 0.2) is 56.9 Å². The fraction of sp³-hybridized carbons (Fsp3) is 0.158. The van der Waals surface area contributed by atoms with Gasteiger partial charge in [0.05, 0.1) is 23.5 Å². The molecule has 0 spiro atoms. The minimum Gasteiger partial charge on any atom is -0.467 e. The van der Waals surface area contributed by atoms with Crippen molar-refractivity contribution in [2.45, 2.75) is 6.54 Å². The SMILES string of the molecule is C=C(Oc1cc(-n2c(=O)n(C)c(=S)n(C)c2=O)c(F)cc1Cl)C(=O)NCc1ccco1. The summed E-state index contributed by atoms with van der Waals surface area (Å²) in [7, 11) is 2.69. The number of nitrogens with zero attached hydrogens (tertiary/aromatic N) is 3. The molecule has 0 saturated carbocycles. The van der Waals surface area contributed by atoms with Gasteiger partial charge < -0.3 is 14.5 Å². The zero-order chi connectivity index (χ0) is 22.9. The molecule has 1 aromatic carbocycles. The van der Waals surface area contributed by atoms with Crippen molar-refractivity contribution in [2.75, 3.05) is 0 Å². The smallest absolute Gasteiger partial charge is 0.338 e. The Morgan fingerprint density at radius 3 is 2.52 bits per heavy atom. The monoisotopic (exact) mass is 466 g/mol. The normalized spacial score (nSPS) is 10.7. The van der Waals surface area contributed by atoms with Crippen LogP contribution in [0.3, 0.4) is 0 Å². The Morgan fingerprint density at radius 1 is 1.29 bits per heavy atom. The Morgan fingerprint density at radius 2 is 1.94 bits per heavy atom. The van der Waals surface area contributed by atoms with Crippen molar-refractivity contribution >= 4 is 29.7 Å². The molecule has 0 unspecified atom stereocenters. The minimum absolute atomic E-state index is 0.0429. The maximum Gasteiger partial charge on any atom is 0.338 e. The van der Waals surface area contributed by atoms with Gasteiger partial charge in [-0.25, -0.2) is 18.5 Å². The first-order chi connectivity index (χ1) is 14.6. The molecule has 2 aromatic heterocycles. The lowest BCUT2D eigenvalue weighted by Gasteiger charge is -2.14. The van der Waals surface area contributed by atoms with Crippen LogP contribution in [0.5, 0.6) is 5.75 Å². The summed E-state index contributed by atoms with van der Waals surface area (Å²) in [5.74, 6) is -1.65. The summed E-state index contributed by atoms with van der Waals surface area (Å²) in [5, 5.41) is 2.33. The van der Waals surface area contributed by atoms with E-state index in [2.05, 4.69) is 11.9 Å². The molecule has 0 bridgehead atoms. The second kappa shape index (κ2) is 8.74. The lowest BCUT2D eigenvalue weighted by molar-refractivity contribution is -0.119. The molecule has 0 aliphatic heterocycles. The van der Waals surface area contributed by atoms with E-state index in [1.165, 1.54) is 20.4 Å². The zero-order valence-electron chi connectivity index (χ0n) is 16.3. The number of carbonyl (C=O) groups excluding carboxylic acids is 1. The number of nitrogens with one attached hydrogen (secondary N) is 1. The minimum atomic E-state index is -0.957. The first kappa shape index (κ1) is 22.2. The largest absolute Gasteiger partial charge is 0.467 e. The van der Waals surface area contributed by atoms with Gasteiger partial charge in [-0.2, -0.15) is 0 Å². The maximum absolute atomic E-state index is 14.6. The highest BCUT2D eigenvalue weighted by molar-refractivity contribution is 7.71. The highest BCUT2D eigenvalue weighted by atomic mass is 35.5. The number of amides is 1. The van der Waals surface area contributed by atoms with Gasteiger partial charge in [0.25, 0.3) is 5.91 Å². The molecule has 31 heavy (non-hydrogen) atoms. The van der Waals surface area contributed by atoms with E-state index in [9.17, 15) is 18.8 Å². The van der Waals surface area contributed by atoms with Crippen LogP contribution in [0.2, 0.25) is 5.02 Å². The van der Waals surface area contributed by atoms with E-state index in [4.69, 9.17) is 33.0 Å². The first-order valence-electron chi connectivity index (χ1n) is 8.67. The fourth-order valence-corrected chi connectivity index (χ4v) is 2.95. The van der Waals surface area contributed by atoms with Crippen LogP contribution in [0, 0.1) is 10.6 Å². The molecule has 3 rings (SSSR count). The van der Waals surface area contributed by atoms with Crippen LogP contribution in [0.25, 0.3) is 5.69 Å². The number of furan rings is 1. The summed E-state index contributed by atoms with van der Waals surface area (Å²) in [5.41, 5.74) is -2.16. The van der Waals surface area contributed by atoms with Crippen LogP contribution in [0.1, 0.15) is 5.76 Å². The molecule has 0 aliphatic rings. The van der Waals surface area contributed by atoms with Gasteiger partial charge in [0.15, 0.2) is 10.5 Å². The van der Waals surface area contributed by atoms with E-state index in [0.717, 1.165) is 21.3 Å². The van der Waals surface area contributed by atoms with Crippen LogP contribution < -0.4 is 21.4 Å². The molecule has 0 fully saturated rings. The molecule has 12 heteroatoms. The van der Waals surface area contributed by atoms with Crippen LogP contribution in [0.4, 0.5) is 4.39 Å². The van der Waals surface area contributed by atoms with Gasteiger partial charge in [-0.05, 0) is 30.4 Å². The molecule has 162 valence electrons. The summed E-state index contributed by atoms with van der Waals surface area (Å²) in [4.78, 5) is 37.3. The predicted octanol–water partition coefficient (Wildman–Crippen LogP) is 2.20. The third kappa shape index (κ3) is 4.37. The van der Waals surface area contributed by atoms with E-state index >= 15 is 0 Å². The van der Waals surface area contributed by atoms with Crippen LogP contribution in [-0.4, -0.2) is 19.6 Å². The Bertz CT molecular complexity index is 1320. The number of rotatable bonds is 6. The Labute approximate surface area is 184 Å². The quantitative estimate of drug-likeness (QED) is 0.339. The van der Waals surface area contributed by atoms with Gasteiger partial charge in [-0.1, -0.05) is 18.2 Å². The molecule has 1 N–H and O–H groups in total. The number of ether oxygens (including phenoxy) is 1. The van der Waals surface area contributed by atoms with Crippen molar-refractivity contribution in [3.8, 4) is 11.4 Å². The number of hydrogen-bond acceptors (Lipinski definition) is 6. The molecular formula is C19H16ClFN4O5S. The molecule has 0 saturated heterocycles. The van der Waals surface area contributed by atoms with E-state index in [0.29, 0.717) is 10.3 Å². The van der Waals surface area contributed by atoms with Gasteiger partial charge in [0.2, 0.25) is 0 Å². The Hall–Kier alpha value is -3.44. The van der Waals surface area contributed by atoms with Crippen molar-refractivity contribution in [1.82, 2.24) is 19.0 Å². The Kier molecular flexibility index (Phi) is 6.27. The van der Waals surface area contributed by atoms with Crippen molar-refractivity contribution < 1.29 is 18.3 Å². The number of carbonyl (C=O) groups is 1. The average Bonchev–Trinajstić information content (AvgIpc) is 3.25. The van der Waals surface area contributed by atoms with Gasteiger partial charge in [0, 0.05) is 20.2 Å².